The van der Waals surface area contributed by atoms with Gasteiger partial charge in [0.15, 0.2) is 0 Å². The highest BCUT2D eigenvalue weighted by Gasteiger charge is 2.07. The number of hydrogen-bond donors (Lipinski definition) is 0. The largest absolute Gasteiger partial charge is 0.458 e. The third-order valence-electron chi connectivity index (χ3n) is 2.60. The van der Waals surface area contributed by atoms with E-state index in [1.165, 1.54) is 45.1 Å². The minimum Gasteiger partial charge on any atom is -0.458 e. The lowest BCUT2D eigenvalue weighted by atomic mass is 10.1. The van der Waals surface area contributed by atoms with E-state index >= 15 is 0 Å². The van der Waals surface area contributed by atoms with Crippen LogP contribution in [0, 0.1) is 6.58 Å². The highest BCUT2D eigenvalue weighted by Crippen LogP contribution is 2.11. The van der Waals surface area contributed by atoms with Crippen LogP contribution in [0.2, 0.25) is 0 Å². The Bertz CT molecular complexity index is 231. The molecule has 0 saturated carbocycles. The summed E-state index contributed by atoms with van der Waals surface area (Å²) in [5.41, 5.74) is 0. The van der Waals surface area contributed by atoms with Crippen molar-refractivity contribution in [2.45, 2.75) is 64.9 Å². The van der Waals surface area contributed by atoms with Crippen molar-refractivity contribution in [1.29, 1.82) is 0 Å². The lowest BCUT2D eigenvalue weighted by Gasteiger charge is -2.12. The second kappa shape index (κ2) is 11.4. The summed E-state index contributed by atoms with van der Waals surface area (Å²) in [6.07, 6.45) is 13.2. The van der Waals surface area contributed by atoms with Gasteiger partial charge in [-0.25, -0.2) is 0 Å². The number of unbranched alkanes of at least 4 members (excludes halogenated alkanes) is 5. The topological polar surface area (TPSA) is 26.3 Å². The normalized spacial score (nSPS) is 12.6. The van der Waals surface area contributed by atoms with Crippen LogP contribution in [0.5, 0.6) is 0 Å². The summed E-state index contributed by atoms with van der Waals surface area (Å²) in [5.74, 6) is -0.234. The standard InChI is InChI=1S/C15H25O2/c1-4-6-8-9-10-11-13-15(12-7-5-2)17-14(3)16/h2,5,7,12,15H,4,6,8-11,13H2,1,3H3. The zero-order chi connectivity index (χ0) is 12.9. The minimum atomic E-state index is -0.234. The first-order chi connectivity index (χ1) is 8.20. The van der Waals surface area contributed by atoms with Gasteiger partial charge in [0, 0.05) is 6.92 Å². The second-order valence-corrected chi connectivity index (χ2v) is 4.28. The third kappa shape index (κ3) is 11.2. The highest BCUT2D eigenvalue weighted by atomic mass is 16.5. The molecule has 2 nitrogen and oxygen atoms in total. The Morgan fingerprint density at radius 1 is 1.24 bits per heavy atom. The van der Waals surface area contributed by atoms with Crippen molar-refractivity contribution in [3.63, 3.8) is 0 Å². The van der Waals surface area contributed by atoms with E-state index in [1.807, 2.05) is 6.08 Å². The Balaban J connectivity index is 3.71. The Morgan fingerprint density at radius 3 is 2.47 bits per heavy atom. The van der Waals surface area contributed by atoms with Gasteiger partial charge >= 0.3 is 5.97 Å². The van der Waals surface area contributed by atoms with Crippen LogP contribution in [0.25, 0.3) is 0 Å². The van der Waals surface area contributed by atoms with E-state index < -0.39 is 0 Å². The number of carbonyl (C=O) groups is 1. The Morgan fingerprint density at radius 2 is 1.88 bits per heavy atom. The molecule has 0 spiro atoms. The summed E-state index contributed by atoms with van der Waals surface area (Å²) < 4.78 is 5.18. The van der Waals surface area contributed by atoms with Crippen LogP contribution in [-0.4, -0.2) is 12.1 Å². The fraction of sp³-hybridized carbons (Fsp3) is 0.667. The van der Waals surface area contributed by atoms with Crippen molar-refractivity contribution in [1.82, 2.24) is 0 Å². The van der Waals surface area contributed by atoms with E-state index in [-0.39, 0.29) is 12.1 Å². The monoisotopic (exact) mass is 237 g/mol. The molecule has 0 bridgehead atoms. The van der Waals surface area contributed by atoms with Gasteiger partial charge in [-0.15, -0.1) is 0 Å². The first-order valence-corrected chi connectivity index (χ1v) is 6.59. The van der Waals surface area contributed by atoms with Crippen LogP contribution >= 0.6 is 0 Å². The van der Waals surface area contributed by atoms with Gasteiger partial charge in [-0.1, -0.05) is 57.8 Å². The average molecular weight is 237 g/mol. The number of rotatable bonds is 10. The summed E-state index contributed by atoms with van der Waals surface area (Å²) in [4.78, 5) is 10.9. The van der Waals surface area contributed by atoms with Crippen LogP contribution in [-0.2, 0) is 9.53 Å². The highest BCUT2D eigenvalue weighted by molar-refractivity contribution is 5.66. The molecule has 1 unspecified atom stereocenters. The smallest absolute Gasteiger partial charge is 0.303 e. The van der Waals surface area contributed by atoms with E-state index in [9.17, 15) is 4.79 Å². The molecule has 0 aliphatic carbocycles. The molecule has 0 rings (SSSR count). The van der Waals surface area contributed by atoms with Gasteiger partial charge in [0.2, 0.25) is 0 Å². The molecule has 0 N–H and O–H groups in total. The van der Waals surface area contributed by atoms with Gasteiger partial charge in [-0.2, -0.15) is 0 Å². The number of hydrogen-bond acceptors (Lipinski definition) is 2. The lowest BCUT2D eigenvalue weighted by Crippen LogP contribution is -2.13. The van der Waals surface area contributed by atoms with Crippen molar-refractivity contribution >= 4 is 5.97 Å². The summed E-state index contributed by atoms with van der Waals surface area (Å²) in [5, 5.41) is 0. The van der Waals surface area contributed by atoms with Gasteiger partial charge in [0.25, 0.3) is 0 Å². The molecule has 2 heteroatoms. The van der Waals surface area contributed by atoms with Gasteiger partial charge in [0.05, 0.1) is 0 Å². The van der Waals surface area contributed by atoms with Crippen molar-refractivity contribution in [3.05, 3.63) is 24.8 Å². The molecule has 1 atom stereocenters. The van der Waals surface area contributed by atoms with Crippen LogP contribution in [0.15, 0.2) is 18.2 Å². The van der Waals surface area contributed by atoms with E-state index in [2.05, 4.69) is 6.92 Å². The van der Waals surface area contributed by atoms with Crippen molar-refractivity contribution in [2.75, 3.05) is 0 Å². The summed E-state index contributed by atoms with van der Waals surface area (Å²) in [7, 11) is 0. The molecule has 0 fully saturated rings. The molecule has 17 heavy (non-hydrogen) atoms. The maximum Gasteiger partial charge on any atom is 0.303 e. The van der Waals surface area contributed by atoms with E-state index in [0.717, 1.165) is 12.8 Å². The maximum atomic E-state index is 10.9. The van der Waals surface area contributed by atoms with Crippen molar-refractivity contribution in [3.8, 4) is 0 Å². The molecule has 0 amide bonds. The molecular weight excluding hydrogens is 212 g/mol. The molecular formula is C15H25O2. The molecule has 1 radical (unpaired) electrons. The Kier molecular flexibility index (Phi) is 10.7. The molecule has 0 aromatic carbocycles. The summed E-state index contributed by atoms with van der Waals surface area (Å²) in [6, 6.07) is 0. The summed E-state index contributed by atoms with van der Waals surface area (Å²) in [6.45, 7) is 8.92. The van der Waals surface area contributed by atoms with Gasteiger partial charge in [0.1, 0.15) is 6.10 Å². The Labute approximate surface area is 106 Å². The quantitative estimate of drug-likeness (QED) is 0.323. The van der Waals surface area contributed by atoms with Gasteiger partial charge in [-0.3, -0.25) is 4.79 Å². The predicted octanol–water partition coefficient (Wildman–Crippen LogP) is 4.21. The molecule has 0 aromatic heterocycles. The number of carbonyl (C=O) groups excluding carboxylic acids is 1. The zero-order valence-electron chi connectivity index (χ0n) is 11.2. The molecule has 0 aliphatic rings. The SMILES string of the molecule is [CH]=CC=CC(CCCCCCCC)OC(C)=O. The fourth-order valence-corrected chi connectivity index (χ4v) is 1.72. The van der Waals surface area contributed by atoms with Crippen LogP contribution in [0.1, 0.15) is 58.8 Å². The number of esters is 1. The van der Waals surface area contributed by atoms with Crippen LogP contribution < -0.4 is 0 Å². The molecule has 0 aliphatic heterocycles. The zero-order valence-corrected chi connectivity index (χ0v) is 11.2. The first kappa shape index (κ1) is 16.0. The summed E-state index contributed by atoms with van der Waals surface area (Å²) >= 11 is 0. The lowest BCUT2D eigenvalue weighted by molar-refractivity contribution is -0.144. The van der Waals surface area contributed by atoms with E-state index in [4.69, 9.17) is 11.3 Å². The van der Waals surface area contributed by atoms with Crippen molar-refractivity contribution < 1.29 is 9.53 Å². The van der Waals surface area contributed by atoms with E-state index in [0.29, 0.717) is 0 Å². The predicted molar refractivity (Wildman–Crippen MR) is 71.6 cm³/mol. The Hall–Kier alpha value is -1.05. The van der Waals surface area contributed by atoms with Crippen LogP contribution in [0.4, 0.5) is 0 Å². The molecule has 0 saturated heterocycles. The van der Waals surface area contributed by atoms with Gasteiger partial charge in [-0.05, 0) is 18.9 Å². The number of allylic oxidation sites excluding steroid dienone is 2. The van der Waals surface area contributed by atoms with Crippen molar-refractivity contribution in [2.24, 2.45) is 0 Å². The number of ether oxygens (including phenoxy) is 1. The first-order valence-electron chi connectivity index (χ1n) is 6.59. The fourth-order valence-electron chi connectivity index (χ4n) is 1.72. The van der Waals surface area contributed by atoms with Gasteiger partial charge < -0.3 is 4.74 Å². The molecule has 0 heterocycles. The molecule has 97 valence electrons. The average Bonchev–Trinajstić information content (AvgIpc) is 2.29. The van der Waals surface area contributed by atoms with Crippen LogP contribution in [0.3, 0.4) is 0 Å². The minimum absolute atomic E-state index is 0.126. The second-order valence-electron chi connectivity index (χ2n) is 4.28. The third-order valence-corrected chi connectivity index (χ3v) is 2.60. The maximum absolute atomic E-state index is 10.9. The van der Waals surface area contributed by atoms with E-state index in [1.54, 1.807) is 6.08 Å². The molecule has 0 aromatic rings.